The van der Waals surface area contributed by atoms with Crippen LogP contribution in [-0.4, -0.2) is 48.1 Å². The quantitative estimate of drug-likeness (QED) is 0.831. The molecule has 0 bridgehead atoms. The first-order chi connectivity index (χ1) is 9.69. The van der Waals surface area contributed by atoms with Gasteiger partial charge in [-0.2, -0.15) is 0 Å². The fourth-order valence-electron chi connectivity index (χ4n) is 2.53. The average Bonchev–Trinajstić information content (AvgIpc) is 2.88. The summed E-state index contributed by atoms with van der Waals surface area (Å²) in [6, 6.07) is 10.1. The van der Waals surface area contributed by atoms with Gasteiger partial charge < -0.3 is 14.8 Å². The first-order valence-electron chi connectivity index (χ1n) is 7.33. The van der Waals surface area contributed by atoms with Crippen molar-refractivity contribution in [3.8, 4) is 0 Å². The number of hydrogen-bond donors (Lipinski definition) is 1. The Hall–Kier alpha value is -1.39. The van der Waals surface area contributed by atoms with E-state index in [0.717, 1.165) is 37.1 Å². The van der Waals surface area contributed by atoms with Gasteiger partial charge in [0.05, 0.1) is 11.8 Å². The highest BCUT2D eigenvalue weighted by atomic mass is 16.6. The predicted octanol–water partition coefficient (Wildman–Crippen LogP) is 2.27. The Labute approximate surface area is 121 Å². The van der Waals surface area contributed by atoms with E-state index in [-0.39, 0.29) is 12.2 Å². The minimum absolute atomic E-state index is 0.0871. The number of likely N-dealkylation sites (N-methyl/N-ethyl adjacent to an activating group) is 1. The summed E-state index contributed by atoms with van der Waals surface area (Å²) >= 11 is 0. The molecule has 1 aliphatic heterocycles. The summed E-state index contributed by atoms with van der Waals surface area (Å²) in [6.45, 7) is 3.57. The number of benzene rings is 1. The minimum Gasteiger partial charge on any atom is -0.392 e. The van der Waals surface area contributed by atoms with Gasteiger partial charge in [-0.15, -0.1) is 0 Å². The van der Waals surface area contributed by atoms with Gasteiger partial charge in [0.1, 0.15) is 6.10 Å². The van der Waals surface area contributed by atoms with E-state index in [1.807, 2.05) is 25.2 Å². The highest BCUT2D eigenvalue weighted by Gasteiger charge is 2.23. The highest BCUT2D eigenvalue weighted by molar-refractivity contribution is 6.01. The predicted molar refractivity (Wildman–Crippen MR) is 80.9 cm³/mol. The van der Waals surface area contributed by atoms with Gasteiger partial charge in [-0.3, -0.25) is 0 Å². The lowest BCUT2D eigenvalue weighted by molar-refractivity contribution is 0.0427. The van der Waals surface area contributed by atoms with E-state index in [9.17, 15) is 5.11 Å². The van der Waals surface area contributed by atoms with Gasteiger partial charge in [-0.05, 0) is 19.0 Å². The second kappa shape index (κ2) is 7.41. The zero-order valence-electron chi connectivity index (χ0n) is 12.3. The topological polar surface area (TPSA) is 45.1 Å². The summed E-state index contributed by atoms with van der Waals surface area (Å²) in [5.41, 5.74) is 2.14. The number of hydrogen-bond acceptors (Lipinski definition) is 4. The number of nitrogens with zero attached hydrogens (tertiary/aromatic N) is 2. The van der Waals surface area contributed by atoms with Gasteiger partial charge in [0, 0.05) is 19.5 Å². The molecule has 1 heterocycles. The van der Waals surface area contributed by atoms with Crippen LogP contribution in [-0.2, 0) is 4.84 Å². The molecule has 0 aliphatic carbocycles. The zero-order chi connectivity index (χ0) is 14.4. The Morgan fingerprint density at radius 1 is 1.40 bits per heavy atom. The molecule has 20 heavy (non-hydrogen) atoms. The molecule has 0 radical (unpaired) electrons. The van der Waals surface area contributed by atoms with Crippen molar-refractivity contribution in [2.45, 2.75) is 38.4 Å². The van der Waals surface area contributed by atoms with E-state index in [1.54, 1.807) is 0 Å². The number of aliphatic hydroxyl groups excluding tert-OH is 1. The van der Waals surface area contributed by atoms with Crippen molar-refractivity contribution >= 4 is 5.71 Å². The monoisotopic (exact) mass is 276 g/mol. The van der Waals surface area contributed by atoms with Gasteiger partial charge in [0.25, 0.3) is 0 Å². The van der Waals surface area contributed by atoms with Gasteiger partial charge in [-0.25, -0.2) is 0 Å². The molecule has 0 aromatic heterocycles. The Kier molecular flexibility index (Phi) is 5.56. The molecule has 0 fully saturated rings. The van der Waals surface area contributed by atoms with Crippen LogP contribution in [0, 0.1) is 0 Å². The molecule has 1 aliphatic rings. The van der Waals surface area contributed by atoms with Crippen LogP contribution in [0.1, 0.15) is 31.7 Å². The van der Waals surface area contributed by atoms with Crippen molar-refractivity contribution in [1.82, 2.24) is 4.90 Å². The van der Waals surface area contributed by atoms with Crippen LogP contribution in [0.2, 0.25) is 0 Å². The molecule has 4 nitrogen and oxygen atoms in total. The standard InChI is InChI=1S/C16H24N2O2/c1-3-7-14(19)11-18(2)12-15-10-16(17-20-15)13-8-5-4-6-9-13/h4-6,8-9,14-15,19H,3,7,10-12H2,1-2H3/t14-,15-/m0/s1. The van der Waals surface area contributed by atoms with Gasteiger partial charge in [0.2, 0.25) is 0 Å². The summed E-state index contributed by atoms with van der Waals surface area (Å²) in [4.78, 5) is 7.62. The summed E-state index contributed by atoms with van der Waals surface area (Å²) < 4.78 is 0. The first kappa shape index (κ1) is 15.0. The maximum atomic E-state index is 9.81. The fourth-order valence-corrected chi connectivity index (χ4v) is 2.53. The molecular formula is C16H24N2O2. The molecule has 0 amide bonds. The van der Waals surface area contributed by atoms with Crippen LogP contribution in [0.5, 0.6) is 0 Å². The molecular weight excluding hydrogens is 252 g/mol. The molecule has 0 spiro atoms. The lowest BCUT2D eigenvalue weighted by atomic mass is 10.0. The van der Waals surface area contributed by atoms with Gasteiger partial charge >= 0.3 is 0 Å². The van der Waals surface area contributed by atoms with Crippen molar-refractivity contribution in [3.63, 3.8) is 0 Å². The molecule has 4 heteroatoms. The summed E-state index contributed by atoms with van der Waals surface area (Å²) in [7, 11) is 2.02. The van der Waals surface area contributed by atoms with Crippen molar-refractivity contribution in [2.24, 2.45) is 5.16 Å². The van der Waals surface area contributed by atoms with Crippen molar-refractivity contribution in [2.75, 3.05) is 20.1 Å². The van der Waals surface area contributed by atoms with E-state index < -0.39 is 0 Å². The summed E-state index contributed by atoms with van der Waals surface area (Å²) in [5, 5.41) is 14.0. The van der Waals surface area contributed by atoms with E-state index in [2.05, 4.69) is 29.1 Å². The molecule has 1 N–H and O–H groups in total. The van der Waals surface area contributed by atoms with E-state index in [0.29, 0.717) is 6.54 Å². The van der Waals surface area contributed by atoms with Crippen molar-refractivity contribution < 1.29 is 9.94 Å². The Morgan fingerprint density at radius 3 is 2.85 bits per heavy atom. The number of oxime groups is 1. The van der Waals surface area contributed by atoms with Crippen LogP contribution >= 0.6 is 0 Å². The summed E-state index contributed by atoms with van der Waals surface area (Å²) in [5.74, 6) is 0. The molecule has 1 aromatic carbocycles. The molecule has 1 aromatic rings. The second-order valence-electron chi connectivity index (χ2n) is 5.50. The molecule has 2 rings (SSSR count). The minimum atomic E-state index is -0.249. The van der Waals surface area contributed by atoms with Crippen LogP contribution in [0.3, 0.4) is 0 Å². The normalized spacial score (nSPS) is 19.8. The smallest absolute Gasteiger partial charge is 0.145 e. The van der Waals surface area contributed by atoms with Crippen molar-refractivity contribution in [3.05, 3.63) is 35.9 Å². The fraction of sp³-hybridized carbons (Fsp3) is 0.562. The van der Waals surface area contributed by atoms with Crippen LogP contribution in [0.25, 0.3) is 0 Å². The first-order valence-corrected chi connectivity index (χ1v) is 7.33. The molecule has 0 unspecified atom stereocenters. The largest absolute Gasteiger partial charge is 0.392 e. The Morgan fingerprint density at radius 2 is 2.15 bits per heavy atom. The van der Waals surface area contributed by atoms with E-state index >= 15 is 0 Å². The summed E-state index contributed by atoms with van der Waals surface area (Å²) in [6.07, 6.45) is 2.53. The lowest BCUT2D eigenvalue weighted by Crippen LogP contribution is -2.35. The average molecular weight is 276 g/mol. The van der Waals surface area contributed by atoms with E-state index in [1.165, 1.54) is 0 Å². The maximum absolute atomic E-state index is 9.81. The van der Waals surface area contributed by atoms with Crippen LogP contribution in [0.4, 0.5) is 0 Å². The maximum Gasteiger partial charge on any atom is 0.145 e. The second-order valence-corrected chi connectivity index (χ2v) is 5.50. The van der Waals surface area contributed by atoms with Crippen molar-refractivity contribution in [1.29, 1.82) is 0 Å². The highest BCUT2D eigenvalue weighted by Crippen LogP contribution is 2.17. The number of aliphatic hydroxyl groups is 1. The van der Waals surface area contributed by atoms with E-state index in [4.69, 9.17) is 4.84 Å². The number of rotatable bonds is 7. The Balaban J connectivity index is 1.77. The third kappa shape index (κ3) is 4.32. The van der Waals surface area contributed by atoms with Crippen LogP contribution < -0.4 is 0 Å². The van der Waals surface area contributed by atoms with Crippen LogP contribution in [0.15, 0.2) is 35.5 Å². The Bertz CT molecular complexity index is 433. The third-order valence-corrected chi connectivity index (χ3v) is 3.50. The molecule has 0 saturated carbocycles. The lowest BCUT2D eigenvalue weighted by Gasteiger charge is -2.22. The molecule has 0 saturated heterocycles. The van der Waals surface area contributed by atoms with Gasteiger partial charge in [-0.1, -0.05) is 48.8 Å². The third-order valence-electron chi connectivity index (χ3n) is 3.50. The molecule has 110 valence electrons. The SMILES string of the molecule is CCC[C@H](O)CN(C)C[C@@H]1CC(c2ccccc2)=NO1. The van der Waals surface area contributed by atoms with Gasteiger partial charge in [0.15, 0.2) is 0 Å². The zero-order valence-corrected chi connectivity index (χ0v) is 12.3. The molecule has 2 atom stereocenters.